The van der Waals surface area contributed by atoms with E-state index in [-0.39, 0.29) is 11.0 Å². The van der Waals surface area contributed by atoms with Gasteiger partial charge in [0.25, 0.3) is 0 Å². The summed E-state index contributed by atoms with van der Waals surface area (Å²) < 4.78 is 11.4. The number of ether oxygens (including phenoxy) is 1. The molecule has 0 unspecified atom stereocenters. The van der Waals surface area contributed by atoms with Gasteiger partial charge >= 0.3 is 5.63 Å². The van der Waals surface area contributed by atoms with Gasteiger partial charge in [0, 0.05) is 11.5 Å². The first-order valence-corrected chi connectivity index (χ1v) is 9.10. The van der Waals surface area contributed by atoms with E-state index in [1.54, 1.807) is 12.1 Å². The fraction of sp³-hybridized carbons (Fsp3) is 0.208. The van der Waals surface area contributed by atoms with Gasteiger partial charge in [-0.25, -0.2) is 4.79 Å². The zero-order chi connectivity index (χ0) is 19.0. The normalized spacial score (nSPS) is 11.8. The molecule has 0 radical (unpaired) electrons. The third kappa shape index (κ3) is 3.45. The van der Waals surface area contributed by atoms with Crippen LogP contribution < -0.4 is 10.4 Å². The van der Waals surface area contributed by atoms with Crippen LogP contribution in [0.15, 0.2) is 75.9 Å². The van der Waals surface area contributed by atoms with Crippen molar-refractivity contribution in [2.45, 2.75) is 32.8 Å². The van der Waals surface area contributed by atoms with Gasteiger partial charge in [-0.15, -0.1) is 0 Å². The van der Waals surface area contributed by atoms with E-state index in [0.29, 0.717) is 23.3 Å². The number of hydrogen-bond acceptors (Lipinski definition) is 3. The van der Waals surface area contributed by atoms with Crippen molar-refractivity contribution in [3.05, 3.63) is 88.3 Å². The van der Waals surface area contributed by atoms with Crippen LogP contribution in [0.4, 0.5) is 0 Å². The van der Waals surface area contributed by atoms with Crippen molar-refractivity contribution in [3.63, 3.8) is 0 Å². The molecule has 4 aromatic rings. The summed E-state index contributed by atoms with van der Waals surface area (Å²) in [5.41, 5.74) is 2.75. The first kappa shape index (κ1) is 17.3. The molecule has 0 aliphatic heterocycles. The molecule has 0 bridgehead atoms. The molecule has 0 spiro atoms. The fourth-order valence-corrected chi connectivity index (χ4v) is 3.22. The topological polar surface area (TPSA) is 39.4 Å². The van der Waals surface area contributed by atoms with Crippen LogP contribution in [0, 0.1) is 0 Å². The molecule has 0 aliphatic carbocycles. The van der Waals surface area contributed by atoms with Crippen LogP contribution in [0.1, 0.15) is 31.9 Å². The summed E-state index contributed by atoms with van der Waals surface area (Å²) in [6.45, 7) is 7.06. The highest BCUT2D eigenvalue weighted by atomic mass is 16.5. The zero-order valence-electron chi connectivity index (χ0n) is 15.8. The molecule has 3 heteroatoms. The smallest absolute Gasteiger partial charge is 0.344 e. The molecule has 136 valence electrons. The van der Waals surface area contributed by atoms with Gasteiger partial charge in [0.15, 0.2) is 0 Å². The Hall–Kier alpha value is -3.07. The molecule has 1 aromatic heterocycles. The van der Waals surface area contributed by atoms with Crippen LogP contribution >= 0.6 is 0 Å². The van der Waals surface area contributed by atoms with E-state index in [2.05, 4.69) is 45.0 Å². The summed E-state index contributed by atoms with van der Waals surface area (Å²) in [5, 5.41) is 2.40. The molecule has 0 saturated carbocycles. The van der Waals surface area contributed by atoms with Crippen LogP contribution in [0.25, 0.3) is 21.7 Å². The van der Waals surface area contributed by atoms with E-state index in [9.17, 15) is 4.79 Å². The summed E-state index contributed by atoms with van der Waals surface area (Å²) in [6, 6.07) is 21.6. The van der Waals surface area contributed by atoms with Gasteiger partial charge in [0.05, 0.1) is 5.39 Å². The molecule has 0 N–H and O–H groups in total. The Kier molecular flexibility index (Phi) is 4.23. The van der Waals surface area contributed by atoms with E-state index >= 15 is 0 Å². The Morgan fingerprint density at radius 1 is 0.852 bits per heavy atom. The van der Waals surface area contributed by atoms with Crippen molar-refractivity contribution in [1.82, 2.24) is 0 Å². The summed E-state index contributed by atoms with van der Waals surface area (Å²) in [5.74, 6) is 0.681. The maximum atomic E-state index is 12.2. The minimum absolute atomic E-state index is 0.137. The largest absolute Gasteiger partial charge is 0.489 e. The molecular formula is C24H22O3. The fourth-order valence-electron chi connectivity index (χ4n) is 3.22. The highest BCUT2D eigenvalue weighted by Gasteiger charge is 2.13. The molecule has 1 heterocycles. The van der Waals surface area contributed by atoms with E-state index in [1.807, 2.05) is 30.3 Å². The van der Waals surface area contributed by atoms with Crippen molar-refractivity contribution >= 4 is 21.7 Å². The van der Waals surface area contributed by atoms with Gasteiger partial charge < -0.3 is 9.15 Å². The summed E-state index contributed by atoms with van der Waals surface area (Å²) in [4.78, 5) is 12.2. The molecule has 3 aromatic carbocycles. The third-order valence-electron chi connectivity index (χ3n) is 4.82. The highest BCUT2D eigenvalue weighted by molar-refractivity contribution is 6.04. The maximum absolute atomic E-state index is 12.2. The summed E-state index contributed by atoms with van der Waals surface area (Å²) in [6.07, 6.45) is 0. The SMILES string of the molecule is CC(C)(C)c1ccc(COc2ccc3c(c2)oc(=O)c2ccccc23)cc1. The first-order chi connectivity index (χ1) is 12.9. The van der Waals surface area contributed by atoms with E-state index in [4.69, 9.17) is 9.15 Å². The standard InChI is InChI=1S/C24H22O3/c1-24(2,3)17-10-8-16(9-11-17)15-26-18-12-13-20-19-6-4-5-7-21(19)23(25)27-22(20)14-18/h4-14H,15H2,1-3H3. The van der Waals surface area contributed by atoms with Crippen molar-refractivity contribution in [2.24, 2.45) is 0 Å². The van der Waals surface area contributed by atoms with Crippen LogP contribution in [0.2, 0.25) is 0 Å². The second kappa shape index (κ2) is 6.58. The van der Waals surface area contributed by atoms with Crippen LogP contribution in [-0.4, -0.2) is 0 Å². The Bertz CT molecular complexity index is 1160. The first-order valence-electron chi connectivity index (χ1n) is 9.10. The number of rotatable bonds is 3. The second-order valence-corrected chi connectivity index (χ2v) is 7.83. The molecule has 0 saturated heterocycles. The van der Waals surface area contributed by atoms with Gasteiger partial charge in [0.1, 0.15) is 17.9 Å². The van der Waals surface area contributed by atoms with Crippen molar-refractivity contribution < 1.29 is 9.15 Å². The maximum Gasteiger partial charge on any atom is 0.344 e. The quantitative estimate of drug-likeness (QED) is 0.342. The molecule has 4 rings (SSSR count). The number of fused-ring (bicyclic) bond motifs is 3. The van der Waals surface area contributed by atoms with Crippen LogP contribution in [0.5, 0.6) is 5.75 Å². The van der Waals surface area contributed by atoms with Crippen molar-refractivity contribution in [2.75, 3.05) is 0 Å². The number of benzene rings is 3. The Balaban J connectivity index is 1.60. The lowest BCUT2D eigenvalue weighted by molar-refractivity contribution is 0.306. The average molecular weight is 358 g/mol. The predicted molar refractivity (Wildman–Crippen MR) is 109 cm³/mol. The highest BCUT2D eigenvalue weighted by Crippen LogP contribution is 2.27. The zero-order valence-corrected chi connectivity index (χ0v) is 15.8. The second-order valence-electron chi connectivity index (χ2n) is 7.83. The Morgan fingerprint density at radius 2 is 1.56 bits per heavy atom. The van der Waals surface area contributed by atoms with Gasteiger partial charge in [0.2, 0.25) is 0 Å². The van der Waals surface area contributed by atoms with Crippen molar-refractivity contribution in [1.29, 1.82) is 0 Å². The molecule has 0 aliphatic rings. The van der Waals surface area contributed by atoms with Gasteiger partial charge in [-0.3, -0.25) is 0 Å². The van der Waals surface area contributed by atoms with E-state index < -0.39 is 0 Å². The van der Waals surface area contributed by atoms with E-state index in [1.165, 1.54) is 5.56 Å². The van der Waals surface area contributed by atoms with Gasteiger partial charge in [-0.05, 0) is 40.1 Å². The monoisotopic (exact) mass is 358 g/mol. The summed E-state index contributed by atoms with van der Waals surface area (Å²) >= 11 is 0. The van der Waals surface area contributed by atoms with Gasteiger partial charge in [-0.1, -0.05) is 63.2 Å². The molecule has 27 heavy (non-hydrogen) atoms. The molecular weight excluding hydrogens is 336 g/mol. The Labute approximate surface area is 158 Å². The minimum atomic E-state index is -0.326. The Morgan fingerprint density at radius 3 is 2.26 bits per heavy atom. The lowest BCUT2D eigenvalue weighted by Gasteiger charge is -2.19. The van der Waals surface area contributed by atoms with Crippen LogP contribution in [0.3, 0.4) is 0 Å². The summed E-state index contributed by atoms with van der Waals surface area (Å²) in [7, 11) is 0. The van der Waals surface area contributed by atoms with Gasteiger partial charge in [-0.2, -0.15) is 0 Å². The predicted octanol–water partition coefficient (Wildman–Crippen LogP) is 5.82. The van der Waals surface area contributed by atoms with Crippen molar-refractivity contribution in [3.8, 4) is 5.75 Å². The third-order valence-corrected chi connectivity index (χ3v) is 4.82. The molecule has 0 atom stereocenters. The van der Waals surface area contributed by atoms with E-state index in [0.717, 1.165) is 16.3 Å². The number of hydrogen-bond donors (Lipinski definition) is 0. The molecule has 3 nitrogen and oxygen atoms in total. The van der Waals surface area contributed by atoms with Crippen LogP contribution in [-0.2, 0) is 12.0 Å². The average Bonchev–Trinajstić information content (AvgIpc) is 2.66. The lowest BCUT2D eigenvalue weighted by atomic mass is 9.87. The molecule has 0 fully saturated rings. The molecule has 0 amide bonds. The minimum Gasteiger partial charge on any atom is -0.489 e. The lowest BCUT2D eigenvalue weighted by Crippen LogP contribution is -2.10.